The average Bonchev–Trinajstić information content (AvgIpc) is 2.85. The van der Waals surface area contributed by atoms with Crippen LogP contribution in [0.4, 0.5) is 0 Å². The van der Waals surface area contributed by atoms with E-state index >= 15 is 0 Å². The predicted molar refractivity (Wildman–Crippen MR) is 52.6 cm³/mol. The summed E-state index contributed by atoms with van der Waals surface area (Å²) in [6.45, 7) is 4.34. The Morgan fingerprint density at radius 2 is 2.00 bits per heavy atom. The predicted octanol–water partition coefficient (Wildman–Crippen LogP) is 1.38. The largest absolute Gasteiger partial charge is 0.354 e. The molecule has 1 aliphatic carbocycles. The van der Waals surface area contributed by atoms with Gasteiger partial charge < -0.3 is 14.8 Å². The fraction of sp³-hybridized carbons (Fsp3) is 1.00. The van der Waals surface area contributed by atoms with Crippen molar-refractivity contribution in [1.29, 1.82) is 0 Å². The van der Waals surface area contributed by atoms with Gasteiger partial charge in [0.15, 0.2) is 6.29 Å². The molecule has 3 nitrogen and oxygen atoms in total. The summed E-state index contributed by atoms with van der Waals surface area (Å²) < 4.78 is 10.3. The van der Waals surface area contributed by atoms with Crippen LogP contribution < -0.4 is 5.32 Å². The minimum Gasteiger partial charge on any atom is -0.354 e. The molecule has 0 aromatic heterocycles. The second-order valence-electron chi connectivity index (χ2n) is 3.81. The maximum Gasteiger partial charge on any atom is 0.171 e. The summed E-state index contributed by atoms with van der Waals surface area (Å²) in [5.41, 5.74) is 0. The molecule has 0 aliphatic heterocycles. The van der Waals surface area contributed by atoms with Crippen LogP contribution in [0.15, 0.2) is 0 Å². The molecule has 0 saturated heterocycles. The summed E-state index contributed by atoms with van der Waals surface area (Å²) in [7, 11) is 3.35. The van der Waals surface area contributed by atoms with Gasteiger partial charge in [-0.1, -0.05) is 13.3 Å². The van der Waals surface area contributed by atoms with E-state index in [4.69, 9.17) is 9.47 Å². The second-order valence-corrected chi connectivity index (χ2v) is 3.81. The third kappa shape index (κ3) is 2.93. The molecule has 0 aromatic rings. The summed E-state index contributed by atoms with van der Waals surface area (Å²) in [6, 6.07) is 0.962. The molecular weight excluding hydrogens is 166 g/mol. The van der Waals surface area contributed by atoms with E-state index in [1.165, 1.54) is 12.8 Å². The van der Waals surface area contributed by atoms with Crippen LogP contribution in [0, 0.1) is 5.92 Å². The second kappa shape index (κ2) is 4.94. The van der Waals surface area contributed by atoms with Crippen molar-refractivity contribution in [1.82, 2.24) is 5.32 Å². The van der Waals surface area contributed by atoms with E-state index in [0.717, 1.165) is 5.92 Å². The highest BCUT2D eigenvalue weighted by Gasteiger charge is 2.37. The monoisotopic (exact) mass is 187 g/mol. The zero-order valence-electron chi connectivity index (χ0n) is 9.04. The first-order valence-corrected chi connectivity index (χ1v) is 5.04. The molecular formula is C10H21NO2. The standard InChI is InChI=1S/C10H21NO2/c1-5-8-6-9(8)11-7(2)10(12-3)13-4/h7-11H,5-6H2,1-4H3. The molecule has 0 aromatic carbocycles. The van der Waals surface area contributed by atoms with Crippen molar-refractivity contribution in [3.05, 3.63) is 0 Å². The summed E-state index contributed by atoms with van der Waals surface area (Å²) in [5.74, 6) is 0.872. The summed E-state index contributed by atoms with van der Waals surface area (Å²) in [5, 5.41) is 3.51. The highest BCUT2D eigenvalue weighted by atomic mass is 16.7. The molecule has 1 fully saturated rings. The molecule has 0 bridgehead atoms. The lowest BCUT2D eigenvalue weighted by molar-refractivity contribution is -0.119. The van der Waals surface area contributed by atoms with Crippen molar-refractivity contribution in [3.63, 3.8) is 0 Å². The summed E-state index contributed by atoms with van der Waals surface area (Å²) in [6.07, 6.45) is 2.45. The highest BCUT2D eigenvalue weighted by molar-refractivity contribution is 4.93. The van der Waals surface area contributed by atoms with E-state index in [9.17, 15) is 0 Å². The normalized spacial score (nSPS) is 29.3. The van der Waals surface area contributed by atoms with E-state index in [2.05, 4.69) is 19.2 Å². The van der Waals surface area contributed by atoms with Crippen molar-refractivity contribution < 1.29 is 9.47 Å². The Morgan fingerprint density at radius 1 is 1.38 bits per heavy atom. The minimum absolute atomic E-state index is 0.127. The molecule has 1 aliphatic rings. The first-order chi connectivity index (χ1) is 6.22. The molecule has 0 radical (unpaired) electrons. The quantitative estimate of drug-likeness (QED) is 0.637. The number of ether oxygens (including phenoxy) is 2. The van der Waals surface area contributed by atoms with Crippen molar-refractivity contribution in [3.8, 4) is 0 Å². The third-order valence-electron chi connectivity index (χ3n) is 2.80. The third-order valence-corrected chi connectivity index (χ3v) is 2.80. The number of hydrogen-bond donors (Lipinski definition) is 1. The first kappa shape index (κ1) is 11.0. The fourth-order valence-electron chi connectivity index (χ4n) is 1.82. The van der Waals surface area contributed by atoms with E-state index < -0.39 is 0 Å². The first-order valence-electron chi connectivity index (χ1n) is 5.04. The Balaban J connectivity index is 2.20. The molecule has 3 heteroatoms. The Bertz CT molecular complexity index is 148. The topological polar surface area (TPSA) is 30.5 Å². The summed E-state index contributed by atoms with van der Waals surface area (Å²) in [4.78, 5) is 0. The van der Waals surface area contributed by atoms with Crippen LogP contribution in [0.1, 0.15) is 26.7 Å². The van der Waals surface area contributed by atoms with E-state index in [-0.39, 0.29) is 12.3 Å². The number of hydrogen-bond acceptors (Lipinski definition) is 3. The number of nitrogens with one attached hydrogen (secondary N) is 1. The van der Waals surface area contributed by atoms with Gasteiger partial charge in [0.2, 0.25) is 0 Å². The molecule has 78 valence electrons. The molecule has 1 N–H and O–H groups in total. The Kier molecular flexibility index (Phi) is 4.16. The lowest BCUT2D eigenvalue weighted by atomic mass is 10.3. The van der Waals surface area contributed by atoms with Gasteiger partial charge in [-0.3, -0.25) is 0 Å². The molecule has 1 rings (SSSR count). The summed E-state index contributed by atoms with van der Waals surface area (Å²) >= 11 is 0. The smallest absolute Gasteiger partial charge is 0.171 e. The fourth-order valence-corrected chi connectivity index (χ4v) is 1.82. The van der Waals surface area contributed by atoms with Gasteiger partial charge in [0.1, 0.15) is 0 Å². The van der Waals surface area contributed by atoms with Crippen molar-refractivity contribution in [2.75, 3.05) is 14.2 Å². The van der Waals surface area contributed by atoms with Crippen LogP contribution in [0.3, 0.4) is 0 Å². The van der Waals surface area contributed by atoms with Gasteiger partial charge >= 0.3 is 0 Å². The Hall–Kier alpha value is -0.120. The van der Waals surface area contributed by atoms with Crippen molar-refractivity contribution in [2.24, 2.45) is 5.92 Å². The van der Waals surface area contributed by atoms with Crippen molar-refractivity contribution >= 4 is 0 Å². The zero-order chi connectivity index (χ0) is 9.84. The van der Waals surface area contributed by atoms with Crippen LogP contribution >= 0.6 is 0 Å². The van der Waals surface area contributed by atoms with Gasteiger partial charge in [-0.15, -0.1) is 0 Å². The maximum absolute atomic E-state index is 5.17. The van der Waals surface area contributed by atoms with Crippen LogP contribution in [0.25, 0.3) is 0 Å². The maximum atomic E-state index is 5.17. The molecule has 13 heavy (non-hydrogen) atoms. The van der Waals surface area contributed by atoms with E-state index in [0.29, 0.717) is 6.04 Å². The van der Waals surface area contributed by atoms with E-state index in [1.807, 2.05) is 0 Å². The lowest BCUT2D eigenvalue weighted by Gasteiger charge is -2.22. The van der Waals surface area contributed by atoms with Gasteiger partial charge in [-0.25, -0.2) is 0 Å². The minimum atomic E-state index is -0.127. The highest BCUT2D eigenvalue weighted by Crippen LogP contribution is 2.33. The Morgan fingerprint density at radius 3 is 2.38 bits per heavy atom. The molecule has 0 spiro atoms. The zero-order valence-corrected chi connectivity index (χ0v) is 9.04. The van der Waals surface area contributed by atoms with Crippen molar-refractivity contribution in [2.45, 2.75) is 45.1 Å². The van der Waals surface area contributed by atoms with Gasteiger partial charge in [-0.05, 0) is 19.3 Å². The average molecular weight is 187 g/mol. The number of methoxy groups -OCH3 is 2. The van der Waals surface area contributed by atoms with Crippen LogP contribution in [-0.4, -0.2) is 32.6 Å². The molecule has 0 amide bonds. The molecule has 3 unspecified atom stereocenters. The lowest BCUT2D eigenvalue weighted by Crippen LogP contribution is -2.41. The van der Waals surface area contributed by atoms with E-state index in [1.54, 1.807) is 14.2 Å². The van der Waals surface area contributed by atoms with Gasteiger partial charge in [0, 0.05) is 20.3 Å². The van der Waals surface area contributed by atoms with Crippen LogP contribution in [-0.2, 0) is 9.47 Å². The van der Waals surface area contributed by atoms with Gasteiger partial charge in [0.25, 0.3) is 0 Å². The SMILES string of the molecule is CCC1CC1NC(C)C(OC)OC. The molecule has 0 heterocycles. The Labute approximate surface area is 80.8 Å². The molecule has 1 saturated carbocycles. The molecule has 3 atom stereocenters. The van der Waals surface area contributed by atoms with Crippen LogP contribution in [0.2, 0.25) is 0 Å². The van der Waals surface area contributed by atoms with Gasteiger partial charge in [0.05, 0.1) is 6.04 Å². The van der Waals surface area contributed by atoms with Gasteiger partial charge in [-0.2, -0.15) is 0 Å². The number of rotatable bonds is 6. The van der Waals surface area contributed by atoms with Crippen LogP contribution in [0.5, 0.6) is 0 Å².